The molecule has 0 aromatic heterocycles. The normalized spacial score (nSPS) is 14.2. The molecule has 0 amide bonds. The number of aliphatic carboxylic acids is 1. The van der Waals surface area contributed by atoms with Crippen LogP contribution < -0.4 is 0 Å². The van der Waals surface area contributed by atoms with E-state index in [2.05, 4.69) is 0 Å². The average molecular weight is 271 g/mol. The van der Waals surface area contributed by atoms with Crippen molar-refractivity contribution in [3.05, 3.63) is 34.9 Å². The van der Waals surface area contributed by atoms with Gasteiger partial charge in [0.25, 0.3) is 0 Å². The van der Waals surface area contributed by atoms with Crippen molar-refractivity contribution in [2.24, 2.45) is 11.8 Å². The molecule has 18 heavy (non-hydrogen) atoms. The number of methoxy groups -OCH3 is 1. The Morgan fingerprint density at radius 2 is 2.00 bits per heavy atom. The van der Waals surface area contributed by atoms with Crippen LogP contribution in [0.15, 0.2) is 24.3 Å². The van der Waals surface area contributed by atoms with Crippen LogP contribution in [0.3, 0.4) is 0 Å². The fourth-order valence-corrected chi connectivity index (χ4v) is 2.04. The fraction of sp³-hybridized carbons (Fsp3) is 0.500. The van der Waals surface area contributed by atoms with Crippen molar-refractivity contribution in [3.8, 4) is 0 Å². The number of hydrogen-bond donors (Lipinski definition) is 1. The summed E-state index contributed by atoms with van der Waals surface area (Å²) < 4.78 is 5.00. The molecule has 1 aromatic carbocycles. The summed E-state index contributed by atoms with van der Waals surface area (Å²) in [6.45, 7) is 2.54. The minimum atomic E-state index is -0.756. The first-order valence-electron chi connectivity index (χ1n) is 6.00. The summed E-state index contributed by atoms with van der Waals surface area (Å²) in [5, 5.41) is 9.96. The summed E-state index contributed by atoms with van der Waals surface area (Å²) in [4.78, 5) is 11.3. The van der Waals surface area contributed by atoms with Crippen molar-refractivity contribution in [2.75, 3.05) is 13.7 Å². The molecule has 0 aliphatic rings. The monoisotopic (exact) mass is 270 g/mol. The highest BCUT2D eigenvalue weighted by Crippen LogP contribution is 2.22. The Balaban J connectivity index is 2.68. The molecular weight excluding hydrogens is 252 g/mol. The van der Waals surface area contributed by atoms with Gasteiger partial charge in [0.05, 0.1) is 5.92 Å². The van der Waals surface area contributed by atoms with Crippen molar-refractivity contribution < 1.29 is 14.6 Å². The maximum Gasteiger partial charge on any atom is 0.307 e. The lowest BCUT2D eigenvalue weighted by molar-refractivity contribution is -0.143. The van der Waals surface area contributed by atoms with Crippen molar-refractivity contribution in [3.63, 3.8) is 0 Å². The molecule has 3 nitrogen and oxygen atoms in total. The number of carboxylic acids is 1. The third-order valence-electron chi connectivity index (χ3n) is 3.15. The van der Waals surface area contributed by atoms with Crippen LogP contribution in [-0.2, 0) is 16.0 Å². The molecule has 2 atom stereocenters. The molecule has 0 aliphatic carbocycles. The van der Waals surface area contributed by atoms with Gasteiger partial charge in [-0.25, -0.2) is 0 Å². The predicted octanol–water partition coefficient (Wildman–Crippen LogP) is 3.26. The van der Waals surface area contributed by atoms with Gasteiger partial charge in [0.1, 0.15) is 0 Å². The van der Waals surface area contributed by atoms with Gasteiger partial charge < -0.3 is 9.84 Å². The Morgan fingerprint density at radius 1 is 1.39 bits per heavy atom. The highest BCUT2D eigenvalue weighted by Gasteiger charge is 2.24. The maximum absolute atomic E-state index is 11.3. The van der Waals surface area contributed by atoms with Crippen LogP contribution in [0.25, 0.3) is 0 Å². The van der Waals surface area contributed by atoms with E-state index < -0.39 is 5.97 Å². The van der Waals surface area contributed by atoms with Gasteiger partial charge in [-0.2, -0.15) is 0 Å². The van der Waals surface area contributed by atoms with Gasteiger partial charge in [0.15, 0.2) is 0 Å². The van der Waals surface area contributed by atoms with Gasteiger partial charge >= 0.3 is 5.97 Å². The Morgan fingerprint density at radius 3 is 2.50 bits per heavy atom. The highest BCUT2D eigenvalue weighted by molar-refractivity contribution is 6.30. The van der Waals surface area contributed by atoms with E-state index in [1.54, 1.807) is 19.2 Å². The largest absolute Gasteiger partial charge is 0.481 e. The van der Waals surface area contributed by atoms with E-state index in [0.29, 0.717) is 18.1 Å². The second-order valence-electron chi connectivity index (χ2n) is 4.53. The van der Waals surface area contributed by atoms with Crippen molar-refractivity contribution >= 4 is 17.6 Å². The second kappa shape index (κ2) is 7.39. The van der Waals surface area contributed by atoms with Crippen LogP contribution in [0.4, 0.5) is 0 Å². The van der Waals surface area contributed by atoms with Gasteiger partial charge in [-0.1, -0.05) is 30.7 Å². The van der Waals surface area contributed by atoms with Gasteiger partial charge in [-0.3, -0.25) is 4.79 Å². The summed E-state index contributed by atoms with van der Waals surface area (Å²) >= 11 is 5.81. The third kappa shape index (κ3) is 4.67. The van der Waals surface area contributed by atoms with Crippen molar-refractivity contribution in [2.45, 2.75) is 19.8 Å². The first kappa shape index (κ1) is 15.0. The number of carbonyl (C=O) groups is 1. The van der Waals surface area contributed by atoms with Crippen molar-refractivity contribution in [1.82, 2.24) is 0 Å². The summed E-state index contributed by atoms with van der Waals surface area (Å²) in [5.41, 5.74) is 0.996. The van der Waals surface area contributed by atoms with Crippen LogP contribution in [0.2, 0.25) is 5.02 Å². The van der Waals surface area contributed by atoms with E-state index in [9.17, 15) is 9.90 Å². The van der Waals surface area contributed by atoms with Gasteiger partial charge in [0, 0.05) is 18.7 Å². The average Bonchev–Trinajstić information content (AvgIpc) is 2.34. The molecule has 0 radical (unpaired) electrons. The molecule has 4 heteroatoms. The van der Waals surface area contributed by atoms with Crippen LogP contribution >= 0.6 is 11.6 Å². The van der Waals surface area contributed by atoms with Crippen LogP contribution in [-0.4, -0.2) is 24.8 Å². The van der Waals surface area contributed by atoms with Crippen LogP contribution in [0.1, 0.15) is 18.9 Å². The lowest BCUT2D eigenvalue weighted by Crippen LogP contribution is -2.25. The molecule has 1 N–H and O–H groups in total. The van der Waals surface area contributed by atoms with E-state index in [4.69, 9.17) is 16.3 Å². The number of ether oxygens (including phenoxy) is 1. The maximum atomic E-state index is 11.3. The molecule has 0 saturated heterocycles. The van der Waals surface area contributed by atoms with E-state index >= 15 is 0 Å². The van der Waals surface area contributed by atoms with E-state index in [1.165, 1.54) is 0 Å². The Labute approximate surface area is 113 Å². The number of rotatable bonds is 7. The minimum Gasteiger partial charge on any atom is -0.481 e. The van der Waals surface area contributed by atoms with E-state index in [0.717, 1.165) is 12.0 Å². The Hall–Kier alpha value is -1.06. The zero-order valence-corrected chi connectivity index (χ0v) is 11.5. The molecule has 0 bridgehead atoms. The lowest BCUT2D eigenvalue weighted by Gasteiger charge is -2.20. The summed E-state index contributed by atoms with van der Waals surface area (Å²) in [7, 11) is 1.63. The molecule has 0 spiro atoms. The minimum absolute atomic E-state index is 0.0816. The Kier molecular flexibility index (Phi) is 6.16. The molecule has 0 aliphatic heterocycles. The SMILES string of the molecule is COCCC(C)C(Cc1ccc(Cl)cc1)C(=O)O. The zero-order valence-electron chi connectivity index (χ0n) is 10.7. The van der Waals surface area contributed by atoms with Gasteiger partial charge in [0.2, 0.25) is 0 Å². The molecule has 100 valence electrons. The Bertz CT molecular complexity index is 375. The van der Waals surface area contributed by atoms with Crippen molar-refractivity contribution in [1.29, 1.82) is 0 Å². The smallest absolute Gasteiger partial charge is 0.307 e. The van der Waals surface area contributed by atoms with E-state index in [-0.39, 0.29) is 11.8 Å². The third-order valence-corrected chi connectivity index (χ3v) is 3.40. The molecule has 0 saturated carbocycles. The number of carboxylic acid groups (broad SMARTS) is 1. The molecule has 0 heterocycles. The topological polar surface area (TPSA) is 46.5 Å². The highest BCUT2D eigenvalue weighted by atomic mass is 35.5. The number of hydrogen-bond acceptors (Lipinski definition) is 2. The summed E-state index contributed by atoms with van der Waals surface area (Å²) in [6, 6.07) is 7.33. The molecular formula is C14H19ClO3. The zero-order chi connectivity index (χ0) is 13.5. The first-order chi connectivity index (χ1) is 8.54. The fourth-order valence-electron chi connectivity index (χ4n) is 1.91. The standard InChI is InChI=1S/C14H19ClO3/c1-10(7-8-18-2)13(14(16)17)9-11-3-5-12(15)6-4-11/h3-6,10,13H,7-9H2,1-2H3,(H,16,17). The number of benzene rings is 1. The number of halogens is 1. The quantitative estimate of drug-likeness (QED) is 0.827. The molecule has 2 unspecified atom stereocenters. The molecule has 0 fully saturated rings. The lowest BCUT2D eigenvalue weighted by atomic mass is 9.86. The van der Waals surface area contributed by atoms with E-state index in [1.807, 2.05) is 19.1 Å². The van der Waals surface area contributed by atoms with Crippen LogP contribution in [0.5, 0.6) is 0 Å². The van der Waals surface area contributed by atoms with Crippen LogP contribution in [0, 0.1) is 11.8 Å². The molecule has 1 aromatic rings. The predicted molar refractivity (Wildman–Crippen MR) is 71.9 cm³/mol. The van der Waals surface area contributed by atoms with Gasteiger partial charge in [-0.15, -0.1) is 0 Å². The molecule has 1 rings (SSSR count). The summed E-state index contributed by atoms with van der Waals surface area (Å²) in [5.74, 6) is -1.06. The first-order valence-corrected chi connectivity index (χ1v) is 6.38. The summed E-state index contributed by atoms with van der Waals surface area (Å²) in [6.07, 6.45) is 1.28. The second-order valence-corrected chi connectivity index (χ2v) is 4.97. The van der Waals surface area contributed by atoms with Gasteiger partial charge in [-0.05, 0) is 36.5 Å².